The van der Waals surface area contributed by atoms with Crippen molar-refractivity contribution in [2.24, 2.45) is 12.5 Å². The van der Waals surface area contributed by atoms with Crippen LogP contribution in [0.5, 0.6) is 5.75 Å². The summed E-state index contributed by atoms with van der Waals surface area (Å²) in [5, 5.41) is 8.45. The molecule has 3 N–H and O–H groups in total. The second kappa shape index (κ2) is 7.96. The van der Waals surface area contributed by atoms with Gasteiger partial charge in [-0.1, -0.05) is 0 Å². The van der Waals surface area contributed by atoms with Gasteiger partial charge in [-0.05, 0) is 49.8 Å². The third-order valence-corrected chi connectivity index (χ3v) is 6.49. The van der Waals surface area contributed by atoms with Crippen molar-refractivity contribution in [1.29, 1.82) is 5.41 Å². The highest BCUT2D eigenvalue weighted by Crippen LogP contribution is 2.42. The molecule has 0 amide bonds. The van der Waals surface area contributed by atoms with E-state index < -0.39 is 11.4 Å². The third-order valence-electron chi connectivity index (χ3n) is 6.49. The molecule has 166 valence electrons. The van der Waals surface area contributed by atoms with Gasteiger partial charge in [0.2, 0.25) is 5.95 Å². The Morgan fingerprint density at radius 1 is 1.39 bits per heavy atom. The summed E-state index contributed by atoms with van der Waals surface area (Å²) in [6.07, 6.45) is 3.29. The molecule has 1 aromatic heterocycles. The first-order chi connectivity index (χ1) is 14.7. The molecule has 0 radical (unpaired) electrons. The summed E-state index contributed by atoms with van der Waals surface area (Å²) in [5.74, 6) is -0.0905. The standard InChI is InChI=1S/C22H28FN5O3/c1-13-11-22(12-31-13)6-8-28(9-7-22)21-26-19(25)17(20(29)27(21)2)18(24)14-4-5-16(30-3)15(23)10-14/h4-5,10,13,24H,6-9,11-12,25H2,1-3H3/t13-/m0/s1. The minimum Gasteiger partial charge on any atom is -0.494 e. The number of anilines is 2. The molecular formula is C22H28FN5O3. The summed E-state index contributed by atoms with van der Waals surface area (Å²) in [4.78, 5) is 19.6. The smallest absolute Gasteiger partial charge is 0.266 e. The zero-order valence-electron chi connectivity index (χ0n) is 18.1. The molecule has 8 nitrogen and oxygen atoms in total. The topological polar surface area (TPSA) is 106 Å². The lowest BCUT2D eigenvalue weighted by atomic mass is 9.77. The number of rotatable bonds is 4. The van der Waals surface area contributed by atoms with Gasteiger partial charge in [0.15, 0.2) is 11.6 Å². The number of benzene rings is 1. The molecule has 2 saturated heterocycles. The second-order valence-corrected chi connectivity index (χ2v) is 8.57. The Balaban J connectivity index is 1.60. The molecule has 1 atom stereocenters. The molecular weight excluding hydrogens is 401 g/mol. The fraction of sp³-hybridized carbons (Fsp3) is 0.500. The largest absolute Gasteiger partial charge is 0.494 e. The number of aromatic nitrogens is 2. The molecule has 1 spiro atoms. The maximum Gasteiger partial charge on any atom is 0.266 e. The maximum atomic E-state index is 14.1. The van der Waals surface area contributed by atoms with Crippen molar-refractivity contribution in [2.45, 2.75) is 32.3 Å². The second-order valence-electron chi connectivity index (χ2n) is 8.57. The van der Waals surface area contributed by atoms with Crippen LogP contribution in [0, 0.1) is 16.6 Å². The summed E-state index contributed by atoms with van der Waals surface area (Å²) >= 11 is 0. The Hall–Kier alpha value is -2.94. The fourth-order valence-electron chi connectivity index (χ4n) is 4.67. The van der Waals surface area contributed by atoms with Crippen molar-refractivity contribution in [3.8, 4) is 5.75 Å². The van der Waals surface area contributed by atoms with E-state index in [9.17, 15) is 9.18 Å². The monoisotopic (exact) mass is 429 g/mol. The zero-order valence-corrected chi connectivity index (χ0v) is 18.1. The van der Waals surface area contributed by atoms with E-state index >= 15 is 0 Å². The van der Waals surface area contributed by atoms with Gasteiger partial charge in [0.25, 0.3) is 5.56 Å². The lowest BCUT2D eigenvalue weighted by Gasteiger charge is -2.39. The quantitative estimate of drug-likeness (QED) is 0.723. The van der Waals surface area contributed by atoms with Crippen LogP contribution in [0.1, 0.15) is 37.3 Å². The van der Waals surface area contributed by atoms with E-state index in [1.807, 2.05) is 0 Å². The minimum atomic E-state index is -0.614. The van der Waals surface area contributed by atoms with Crippen LogP contribution >= 0.6 is 0 Å². The van der Waals surface area contributed by atoms with Gasteiger partial charge >= 0.3 is 0 Å². The molecule has 2 aromatic rings. The molecule has 0 unspecified atom stereocenters. The van der Waals surface area contributed by atoms with E-state index in [2.05, 4.69) is 16.8 Å². The maximum absolute atomic E-state index is 14.1. The number of nitrogens with zero attached hydrogens (tertiary/aromatic N) is 3. The van der Waals surface area contributed by atoms with Crippen molar-refractivity contribution in [2.75, 3.05) is 37.4 Å². The van der Waals surface area contributed by atoms with Gasteiger partial charge in [0, 0.05) is 25.7 Å². The van der Waals surface area contributed by atoms with Gasteiger partial charge in [0.05, 0.1) is 25.5 Å². The van der Waals surface area contributed by atoms with Crippen LogP contribution in [0.15, 0.2) is 23.0 Å². The average molecular weight is 429 g/mol. The number of nitrogens with two attached hydrogens (primary N) is 1. The molecule has 0 saturated carbocycles. The van der Waals surface area contributed by atoms with Gasteiger partial charge < -0.3 is 20.1 Å². The lowest BCUT2D eigenvalue weighted by Crippen LogP contribution is -2.43. The summed E-state index contributed by atoms with van der Waals surface area (Å²) in [7, 11) is 2.99. The Bertz CT molecular complexity index is 1080. The Morgan fingerprint density at radius 3 is 2.68 bits per heavy atom. The summed E-state index contributed by atoms with van der Waals surface area (Å²) in [6.45, 7) is 4.41. The summed E-state index contributed by atoms with van der Waals surface area (Å²) in [5.41, 5.74) is 5.93. The van der Waals surface area contributed by atoms with Crippen LogP contribution in [0.25, 0.3) is 0 Å². The number of piperidine rings is 1. The van der Waals surface area contributed by atoms with Crippen LogP contribution < -0.4 is 20.9 Å². The molecule has 9 heteroatoms. The van der Waals surface area contributed by atoms with Crippen LogP contribution in [0.2, 0.25) is 0 Å². The van der Waals surface area contributed by atoms with Crippen molar-refractivity contribution in [3.05, 3.63) is 45.5 Å². The number of nitrogens with one attached hydrogen (secondary N) is 1. The number of halogens is 1. The highest BCUT2D eigenvalue weighted by molar-refractivity contribution is 6.13. The molecule has 2 fully saturated rings. The zero-order chi connectivity index (χ0) is 22.3. The van der Waals surface area contributed by atoms with E-state index in [1.165, 1.54) is 23.8 Å². The number of hydrogen-bond acceptors (Lipinski definition) is 7. The first-order valence-corrected chi connectivity index (χ1v) is 10.4. The first-order valence-electron chi connectivity index (χ1n) is 10.4. The Labute approximate surface area is 180 Å². The molecule has 2 aliphatic rings. The SMILES string of the molecule is COc1ccc(C(=N)c2c(N)nc(N3CCC4(CC3)CO[C@@H](C)C4)n(C)c2=O)cc1F. The van der Waals surface area contributed by atoms with Crippen LogP contribution in [0.4, 0.5) is 16.2 Å². The van der Waals surface area contributed by atoms with E-state index in [1.54, 1.807) is 7.05 Å². The highest BCUT2D eigenvalue weighted by atomic mass is 19.1. The minimum absolute atomic E-state index is 0.0302. The van der Waals surface area contributed by atoms with E-state index in [4.69, 9.17) is 20.6 Å². The van der Waals surface area contributed by atoms with E-state index in [-0.39, 0.29) is 39.9 Å². The fourth-order valence-corrected chi connectivity index (χ4v) is 4.67. The van der Waals surface area contributed by atoms with Gasteiger partial charge in [-0.15, -0.1) is 0 Å². The van der Waals surface area contributed by atoms with Crippen molar-refractivity contribution in [1.82, 2.24) is 9.55 Å². The van der Waals surface area contributed by atoms with Crippen LogP contribution in [-0.2, 0) is 11.8 Å². The van der Waals surface area contributed by atoms with Crippen molar-refractivity contribution < 1.29 is 13.9 Å². The molecule has 4 rings (SSSR count). The molecule has 1 aromatic carbocycles. The molecule has 0 bridgehead atoms. The predicted molar refractivity (Wildman–Crippen MR) is 117 cm³/mol. The van der Waals surface area contributed by atoms with Crippen molar-refractivity contribution >= 4 is 17.5 Å². The van der Waals surface area contributed by atoms with Gasteiger partial charge in [-0.3, -0.25) is 14.8 Å². The average Bonchev–Trinajstić information content (AvgIpc) is 3.11. The first kappa shape index (κ1) is 21.3. The molecule has 31 heavy (non-hydrogen) atoms. The van der Waals surface area contributed by atoms with Gasteiger partial charge in [-0.25, -0.2) is 4.39 Å². The Morgan fingerprint density at radius 2 is 2.10 bits per heavy atom. The molecule has 2 aliphatic heterocycles. The number of hydrogen-bond donors (Lipinski definition) is 2. The van der Waals surface area contributed by atoms with E-state index in [0.29, 0.717) is 5.95 Å². The molecule has 3 heterocycles. The number of ether oxygens (including phenoxy) is 2. The number of nitrogen functional groups attached to an aromatic ring is 1. The van der Waals surface area contributed by atoms with Gasteiger partial charge in [0.1, 0.15) is 11.4 Å². The molecule has 0 aliphatic carbocycles. The normalized spacial score (nSPS) is 20.3. The van der Waals surface area contributed by atoms with Crippen LogP contribution in [-0.4, -0.2) is 48.2 Å². The van der Waals surface area contributed by atoms with E-state index in [0.717, 1.165) is 45.0 Å². The lowest BCUT2D eigenvalue weighted by molar-refractivity contribution is 0.0974. The van der Waals surface area contributed by atoms with Crippen molar-refractivity contribution in [3.63, 3.8) is 0 Å². The highest BCUT2D eigenvalue weighted by Gasteiger charge is 2.41. The number of methoxy groups -OCH3 is 1. The van der Waals surface area contributed by atoms with Crippen LogP contribution in [0.3, 0.4) is 0 Å². The summed E-state index contributed by atoms with van der Waals surface area (Å²) < 4.78 is 26.2. The Kier molecular flexibility index (Phi) is 5.47. The summed E-state index contributed by atoms with van der Waals surface area (Å²) in [6, 6.07) is 4.09. The third kappa shape index (κ3) is 3.78. The van der Waals surface area contributed by atoms with Gasteiger partial charge in [-0.2, -0.15) is 4.98 Å². The predicted octanol–water partition coefficient (Wildman–Crippen LogP) is 2.32.